The van der Waals surface area contributed by atoms with Crippen LogP contribution in [0.1, 0.15) is 20.8 Å². The van der Waals surface area contributed by atoms with Gasteiger partial charge in [0.2, 0.25) is 0 Å². The molecule has 0 bridgehead atoms. The molecule has 1 rings (SSSR count). The van der Waals surface area contributed by atoms with Crippen molar-refractivity contribution < 1.29 is 9.90 Å². The molecule has 2 heteroatoms. The molecular formula is C12H14O2. The summed E-state index contributed by atoms with van der Waals surface area (Å²) in [5.74, 6) is 5.55. The Balaban J connectivity index is 2.88. The molecule has 0 saturated carbocycles. The second-order valence-corrected chi connectivity index (χ2v) is 4.39. The number of carbonyl (C=O) groups excluding carboxylic acids is 1. The van der Waals surface area contributed by atoms with E-state index in [4.69, 9.17) is 0 Å². The van der Waals surface area contributed by atoms with Crippen molar-refractivity contribution in [2.75, 3.05) is 0 Å². The van der Waals surface area contributed by atoms with Crippen LogP contribution in [0.3, 0.4) is 0 Å². The highest BCUT2D eigenvalue weighted by molar-refractivity contribution is 6.00. The van der Waals surface area contributed by atoms with Crippen molar-refractivity contribution >= 4 is 5.78 Å². The third kappa shape index (κ3) is 3.20. The Kier molecular flexibility index (Phi) is 2.64. The Bertz CT molecular complexity index is 340. The van der Waals surface area contributed by atoms with Gasteiger partial charge in [0.15, 0.2) is 11.4 Å². The largest absolute Gasteiger partial charge is 0.370 e. The third-order valence-corrected chi connectivity index (χ3v) is 1.64. The molecule has 0 aromatic carbocycles. The summed E-state index contributed by atoms with van der Waals surface area (Å²) in [7, 11) is 0. The minimum atomic E-state index is -1.28. The first-order chi connectivity index (χ1) is 6.31. The van der Waals surface area contributed by atoms with E-state index >= 15 is 0 Å². The van der Waals surface area contributed by atoms with E-state index in [9.17, 15) is 9.90 Å². The smallest absolute Gasteiger partial charge is 0.178 e. The quantitative estimate of drug-likeness (QED) is 0.587. The molecule has 0 spiro atoms. The average molecular weight is 190 g/mol. The van der Waals surface area contributed by atoms with E-state index in [1.54, 1.807) is 0 Å². The minimum Gasteiger partial charge on any atom is -0.370 e. The molecule has 0 aromatic heterocycles. The minimum absolute atomic E-state index is 0.118. The van der Waals surface area contributed by atoms with E-state index in [1.807, 2.05) is 20.8 Å². The number of allylic oxidation sites excluding steroid dienone is 2. The first kappa shape index (κ1) is 10.7. The SMILES string of the molecule is CC(C)(C)C#CC1(O)C=CC(=O)C=C1. The summed E-state index contributed by atoms with van der Waals surface area (Å²) in [6.07, 6.45) is 5.48. The molecule has 74 valence electrons. The molecule has 0 heterocycles. The van der Waals surface area contributed by atoms with Gasteiger partial charge in [-0.1, -0.05) is 11.8 Å². The molecule has 0 atom stereocenters. The van der Waals surface area contributed by atoms with Gasteiger partial charge >= 0.3 is 0 Å². The van der Waals surface area contributed by atoms with E-state index in [1.165, 1.54) is 24.3 Å². The van der Waals surface area contributed by atoms with Gasteiger partial charge in [-0.3, -0.25) is 4.79 Å². The average Bonchev–Trinajstić information content (AvgIpc) is 2.07. The highest BCUT2D eigenvalue weighted by atomic mass is 16.3. The van der Waals surface area contributed by atoms with Crippen molar-refractivity contribution in [2.24, 2.45) is 5.41 Å². The van der Waals surface area contributed by atoms with Gasteiger partial charge in [0, 0.05) is 5.41 Å². The zero-order valence-corrected chi connectivity index (χ0v) is 8.66. The fraction of sp³-hybridized carbons (Fsp3) is 0.417. The van der Waals surface area contributed by atoms with Gasteiger partial charge in [0.05, 0.1) is 0 Å². The Labute approximate surface area is 84.3 Å². The highest BCUT2D eigenvalue weighted by Crippen LogP contribution is 2.15. The molecule has 0 aromatic rings. The van der Waals surface area contributed by atoms with E-state index in [2.05, 4.69) is 11.8 Å². The van der Waals surface area contributed by atoms with Crippen LogP contribution in [0.5, 0.6) is 0 Å². The maximum atomic E-state index is 10.8. The van der Waals surface area contributed by atoms with Crippen LogP contribution in [0.4, 0.5) is 0 Å². The number of carbonyl (C=O) groups is 1. The van der Waals surface area contributed by atoms with Crippen LogP contribution in [0, 0.1) is 17.3 Å². The van der Waals surface area contributed by atoms with Crippen molar-refractivity contribution in [3.8, 4) is 11.8 Å². The first-order valence-electron chi connectivity index (χ1n) is 4.50. The molecule has 0 aliphatic heterocycles. The summed E-state index contributed by atoms with van der Waals surface area (Å²) >= 11 is 0. The molecule has 0 saturated heterocycles. The lowest BCUT2D eigenvalue weighted by Gasteiger charge is -2.16. The Morgan fingerprint density at radius 1 is 1.29 bits per heavy atom. The van der Waals surface area contributed by atoms with Crippen LogP contribution in [0.15, 0.2) is 24.3 Å². The molecule has 14 heavy (non-hydrogen) atoms. The molecule has 1 N–H and O–H groups in total. The number of hydrogen-bond donors (Lipinski definition) is 1. The van der Waals surface area contributed by atoms with E-state index < -0.39 is 5.60 Å². The number of ketones is 1. The van der Waals surface area contributed by atoms with Crippen LogP contribution < -0.4 is 0 Å². The zero-order chi connectivity index (χ0) is 10.8. The van der Waals surface area contributed by atoms with Crippen molar-refractivity contribution in [1.29, 1.82) is 0 Å². The Morgan fingerprint density at radius 2 is 1.79 bits per heavy atom. The molecule has 1 aliphatic carbocycles. The molecule has 0 radical (unpaired) electrons. The Hall–Kier alpha value is -1.33. The van der Waals surface area contributed by atoms with Gasteiger partial charge in [0.1, 0.15) is 0 Å². The number of rotatable bonds is 0. The predicted molar refractivity (Wildman–Crippen MR) is 55.5 cm³/mol. The van der Waals surface area contributed by atoms with Gasteiger partial charge in [-0.2, -0.15) is 0 Å². The number of hydrogen-bond acceptors (Lipinski definition) is 2. The van der Waals surface area contributed by atoms with Gasteiger partial charge in [-0.25, -0.2) is 0 Å². The lowest BCUT2D eigenvalue weighted by molar-refractivity contribution is -0.110. The van der Waals surface area contributed by atoms with Crippen LogP contribution in [0.25, 0.3) is 0 Å². The maximum absolute atomic E-state index is 10.8. The fourth-order valence-corrected chi connectivity index (χ4v) is 0.900. The van der Waals surface area contributed by atoms with Crippen molar-refractivity contribution in [3.05, 3.63) is 24.3 Å². The standard InChI is InChI=1S/C12H14O2/c1-11(2,3)8-9-12(14)6-4-10(13)5-7-12/h4-7,14H,1-3H3. The molecule has 0 amide bonds. The lowest BCUT2D eigenvalue weighted by Crippen LogP contribution is -2.23. The summed E-state index contributed by atoms with van der Waals surface area (Å²) in [6, 6.07) is 0. The molecule has 1 aliphatic rings. The normalized spacial score (nSPS) is 19.0. The topological polar surface area (TPSA) is 37.3 Å². The highest BCUT2D eigenvalue weighted by Gasteiger charge is 2.20. The van der Waals surface area contributed by atoms with Crippen molar-refractivity contribution in [1.82, 2.24) is 0 Å². The second-order valence-electron chi connectivity index (χ2n) is 4.39. The lowest BCUT2D eigenvalue weighted by atomic mass is 9.93. The maximum Gasteiger partial charge on any atom is 0.178 e. The van der Waals surface area contributed by atoms with Crippen LogP contribution in [-0.4, -0.2) is 16.5 Å². The van der Waals surface area contributed by atoms with Crippen LogP contribution in [0.2, 0.25) is 0 Å². The van der Waals surface area contributed by atoms with Gasteiger partial charge in [-0.15, -0.1) is 0 Å². The van der Waals surface area contributed by atoms with Gasteiger partial charge < -0.3 is 5.11 Å². The summed E-state index contributed by atoms with van der Waals surface area (Å²) < 4.78 is 0. The summed E-state index contributed by atoms with van der Waals surface area (Å²) in [6.45, 7) is 5.89. The van der Waals surface area contributed by atoms with Crippen LogP contribution >= 0.6 is 0 Å². The van der Waals surface area contributed by atoms with E-state index in [0.29, 0.717) is 0 Å². The third-order valence-electron chi connectivity index (χ3n) is 1.64. The molecule has 0 fully saturated rings. The fourth-order valence-electron chi connectivity index (χ4n) is 0.900. The van der Waals surface area contributed by atoms with Crippen molar-refractivity contribution in [3.63, 3.8) is 0 Å². The van der Waals surface area contributed by atoms with E-state index in [-0.39, 0.29) is 11.2 Å². The predicted octanol–water partition coefficient (Wildman–Crippen LogP) is 1.46. The first-order valence-corrected chi connectivity index (χ1v) is 4.50. The van der Waals surface area contributed by atoms with Gasteiger partial charge in [-0.05, 0) is 45.1 Å². The summed E-state index contributed by atoms with van der Waals surface area (Å²) in [4.78, 5) is 10.8. The zero-order valence-electron chi connectivity index (χ0n) is 8.66. The molecule has 0 unspecified atom stereocenters. The number of aliphatic hydroxyl groups is 1. The summed E-state index contributed by atoms with van der Waals surface area (Å²) in [5.41, 5.74) is -1.43. The van der Waals surface area contributed by atoms with Crippen LogP contribution in [-0.2, 0) is 4.79 Å². The molecule has 2 nitrogen and oxygen atoms in total. The summed E-state index contributed by atoms with van der Waals surface area (Å²) in [5, 5.41) is 9.85. The van der Waals surface area contributed by atoms with E-state index in [0.717, 1.165) is 0 Å². The Morgan fingerprint density at radius 3 is 2.21 bits per heavy atom. The van der Waals surface area contributed by atoms with Gasteiger partial charge in [0.25, 0.3) is 0 Å². The second kappa shape index (κ2) is 3.43. The monoisotopic (exact) mass is 190 g/mol. The molecular weight excluding hydrogens is 176 g/mol. The van der Waals surface area contributed by atoms with Crippen molar-refractivity contribution in [2.45, 2.75) is 26.4 Å².